The van der Waals surface area contributed by atoms with E-state index in [2.05, 4.69) is 0 Å². The van der Waals surface area contributed by atoms with Crippen LogP contribution >= 0.6 is 0 Å². The fraction of sp³-hybridized carbons (Fsp3) is 0.0455. The van der Waals surface area contributed by atoms with Crippen molar-refractivity contribution >= 4 is 11.0 Å². The average Bonchev–Trinajstić information content (AvgIpc) is 2.69. The number of hydrogen-bond acceptors (Lipinski definition) is 3. The van der Waals surface area contributed by atoms with E-state index in [0.717, 1.165) is 16.9 Å². The van der Waals surface area contributed by atoms with Gasteiger partial charge < -0.3 is 9.15 Å². The summed E-state index contributed by atoms with van der Waals surface area (Å²) in [6.45, 7) is 0. The summed E-state index contributed by atoms with van der Waals surface area (Å²) in [5.74, 6) is 1.32. The van der Waals surface area contributed by atoms with Crippen molar-refractivity contribution in [3.63, 3.8) is 0 Å². The molecule has 0 aliphatic rings. The monoisotopic (exact) mass is 328 g/mol. The highest BCUT2D eigenvalue weighted by Crippen LogP contribution is 2.33. The van der Waals surface area contributed by atoms with E-state index in [4.69, 9.17) is 9.15 Å². The average molecular weight is 328 g/mol. The Balaban J connectivity index is 2.06. The Kier molecular flexibility index (Phi) is 3.82. The molecule has 3 nitrogen and oxygen atoms in total. The maximum absolute atomic E-state index is 13.2. The van der Waals surface area contributed by atoms with Crippen molar-refractivity contribution in [2.75, 3.05) is 7.11 Å². The molecule has 0 aliphatic heterocycles. The fourth-order valence-corrected chi connectivity index (χ4v) is 2.95. The van der Waals surface area contributed by atoms with Crippen LogP contribution in [-0.2, 0) is 0 Å². The Morgan fingerprint density at radius 3 is 2.16 bits per heavy atom. The van der Waals surface area contributed by atoms with E-state index in [9.17, 15) is 4.79 Å². The first-order valence-electron chi connectivity index (χ1n) is 8.03. The second-order valence-electron chi connectivity index (χ2n) is 5.73. The first kappa shape index (κ1) is 15.2. The second-order valence-corrected chi connectivity index (χ2v) is 5.73. The Morgan fingerprint density at radius 1 is 0.760 bits per heavy atom. The topological polar surface area (TPSA) is 39.4 Å². The van der Waals surface area contributed by atoms with Gasteiger partial charge >= 0.3 is 0 Å². The van der Waals surface area contributed by atoms with Gasteiger partial charge in [0.1, 0.15) is 17.1 Å². The van der Waals surface area contributed by atoms with Crippen molar-refractivity contribution in [2.45, 2.75) is 0 Å². The summed E-state index contributed by atoms with van der Waals surface area (Å²) < 4.78 is 11.4. The first-order valence-corrected chi connectivity index (χ1v) is 8.03. The molecular weight excluding hydrogens is 312 g/mol. The van der Waals surface area contributed by atoms with Gasteiger partial charge in [0.25, 0.3) is 0 Å². The predicted molar refractivity (Wildman–Crippen MR) is 99.9 cm³/mol. The molecule has 0 spiro atoms. The minimum absolute atomic E-state index is 0.0288. The third kappa shape index (κ3) is 2.70. The van der Waals surface area contributed by atoms with Gasteiger partial charge in [-0.2, -0.15) is 0 Å². The molecule has 0 unspecified atom stereocenters. The zero-order chi connectivity index (χ0) is 17.2. The number of hydrogen-bond donors (Lipinski definition) is 0. The molecule has 3 heteroatoms. The number of benzene rings is 3. The van der Waals surface area contributed by atoms with E-state index in [0.29, 0.717) is 22.3 Å². The molecule has 122 valence electrons. The van der Waals surface area contributed by atoms with E-state index in [1.165, 1.54) is 0 Å². The van der Waals surface area contributed by atoms with Crippen molar-refractivity contribution in [2.24, 2.45) is 0 Å². The molecule has 0 atom stereocenters. The lowest BCUT2D eigenvalue weighted by atomic mass is 9.98. The number of ether oxygens (including phenoxy) is 1. The lowest BCUT2D eigenvalue weighted by Gasteiger charge is -2.11. The van der Waals surface area contributed by atoms with Gasteiger partial charge in [0.05, 0.1) is 18.1 Å². The molecule has 3 aromatic carbocycles. The normalized spacial score (nSPS) is 10.8. The summed E-state index contributed by atoms with van der Waals surface area (Å²) in [5, 5.41) is 0.582. The molecule has 0 amide bonds. The van der Waals surface area contributed by atoms with Crippen molar-refractivity contribution < 1.29 is 9.15 Å². The molecule has 0 N–H and O–H groups in total. The summed E-state index contributed by atoms with van der Waals surface area (Å²) in [6.07, 6.45) is 0. The summed E-state index contributed by atoms with van der Waals surface area (Å²) in [6, 6.07) is 24.5. The highest BCUT2D eigenvalue weighted by atomic mass is 16.5. The molecule has 0 saturated heterocycles. The predicted octanol–water partition coefficient (Wildman–Crippen LogP) is 5.14. The molecule has 4 rings (SSSR count). The zero-order valence-corrected chi connectivity index (χ0v) is 13.7. The first-order chi connectivity index (χ1) is 12.3. The van der Waals surface area contributed by atoms with E-state index < -0.39 is 0 Å². The summed E-state index contributed by atoms with van der Waals surface area (Å²) in [4.78, 5) is 13.2. The van der Waals surface area contributed by atoms with Gasteiger partial charge in [-0.1, -0.05) is 42.5 Å². The van der Waals surface area contributed by atoms with Gasteiger partial charge in [-0.25, -0.2) is 0 Å². The highest BCUT2D eigenvalue weighted by Gasteiger charge is 2.17. The minimum Gasteiger partial charge on any atom is -0.497 e. The zero-order valence-electron chi connectivity index (χ0n) is 13.7. The van der Waals surface area contributed by atoms with Crippen molar-refractivity contribution in [1.29, 1.82) is 0 Å². The lowest BCUT2D eigenvalue weighted by Crippen LogP contribution is -2.07. The standard InChI is InChI=1S/C22H16O3/c1-24-17-13-11-16(12-14-17)22-20(15-7-3-2-4-8-15)21(23)18-9-5-6-10-19(18)25-22/h2-14H,1H3. The number of methoxy groups -OCH3 is 1. The van der Waals surface area contributed by atoms with Crippen molar-refractivity contribution in [1.82, 2.24) is 0 Å². The maximum atomic E-state index is 13.2. The number of para-hydroxylation sites is 1. The molecule has 0 bridgehead atoms. The molecule has 1 aromatic heterocycles. The quantitative estimate of drug-likeness (QED) is 0.523. The highest BCUT2D eigenvalue weighted by molar-refractivity contribution is 5.89. The van der Waals surface area contributed by atoms with Crippen molar-refractivity contribution in [3.05, 3.63) is 89.1 Å². The van der Waals surface area contributed by atoms with Gasteiger partial charge in [0.15, 0.2) is 0 Å². The van der Waals surface area contributed by atoms with E-state index in [1.54, 1.807) is 13.2 Å². The smallest absolute Gasteiger partial charge is 0.201 e. The van der Waals surface area contributed by atoms with Crippen LogP contribution in [0.2, 0.25) is 0 Å². The van der Waals surface area contributed by atoms with Gasteiger partial charge in [-0.15, -0.1) is 0 Å². The Bertz CT molecular complexity index is 1080. The molecule has 0 radical (unpaired) electrons. The molecule has 0 aliphatic carbocycles. The van der Waals surface area contributed by atoms with Crippen molar-refractivity contribution in [3.8, 4) is 28.2 Å². The SMILES string of the molecule is COc1ccc(-c2oc3ccccc3c(=O)c2-c2ccccc2)cc1. The molecule has 1 heterocycles. The third-order valence-electron chi connectivity index (χ3n) is 4.21. The Labute approximate surface area is 145 Å². The Hall–Kier alpha value is -3.33. The van der Waals surface area contributed by atoms with Crippen LogP contribution in [-0.4, -0.2) is 7.11 Å². The van der Waals surface area contributed by atoms with Crippen LogP contribution in [0.25, 0.3) is 33.4 Å². The van der Waals surface area contributed by atoms with Crippen LogP contribution in [0.4, 0.5) is 0 Å². The van der Waals surface area contributed by atoms with Gasteiger partial charge in [-0.05, 0) is 42.0 Å². The third-order valence-corrected chi connectivity index (χ3v) is 4.21. The van der Waals surface area contributed by atoms with Gasteiger partial charge in [0, 0.05) is 5.56 Å². The summed E-state index contributed by atoms with van der Waals surface area (Å²) in [7, 11) is 1.63. The fourth-order valence-electron chi connectivity index (χ4n) is 2.95. The number of rotatable bonds is 3. The van der Waals surface area contributed by atoms with Crippen LogP contribution in [0.5, 0.6) is 5.75 Å². The van der Waals surface area contributed by atoms with Crippen LogP contribution < -0.4 is 10.2 Å². The van der Waals surface area contributed by atoms with E-state index >= 15 is 0 Å². The van der Waals surface area contributed by atoms with E-state index in [-0.39, 0.29) is 5.43 Å². The van der Waals surface area contributed by atoms with Crippen LogP contribution in [0.1, 0.15) is 0 Å². The van der Waals surface area contributed by atoms with E-state index in [1.807, 2.05) is 72.8 Å². The summed E-state index contributed by atoms with van der Waals surface area (Å²) in [5.41, 5.74) is 2.80. The van der Waals surface area contributed by atoms with Crippen LogP contribution in [0, 0.1) is 0 Å². The maximum Gasteiger partial charge on any atom is 0.201 e. The molecular formula is C22H16O3. The molecule has 0 fully saturated rings. The largest absolute Gasteiger partial charge is 0.497 e. The second kappa shape index (κ2) is 6.29. The van der Waals surface area contributed by atoms with Gasteiger partial charge in [0.2, 0.25) is 5.43 Å². The Morgan fingerprint density at radius 2 is 1.44 bits per heavy atom. The van der Waals surface area contributed by atoms with Crippen LogP contribution in [0.3, 0.4) is 0 Å². The lowest BCUT2D eigenvalue weighted by molar-refractivity contribution is 0.415. The summed E-state index contributed by atoms with van der Waals surface area (Å²) >= 11 is 0. The molecule has 0 saturated carbocycles. The van der Waals surface area contributed by atoms with Crippen LogP contribution in [0.15, 0.2) is 88.1 Å². The molecule has 4 aromatic rings. The number of fused-ring (bicyclic) bond motifs is 1. The molecule has 25 heavy (non-hydrogen) atoms. The minimum atomic E-state index is -0.0288. The van der Waals surface area contributed by atoms with Gasteiger partial charge in [-0.3, -0.25) is 4.79 Å².